The van der Waals surface area contributed by atoms with Gasteiger partial charge in [-0.15, -0.1) is 0 Å². The van der Waals surface area contributed by atoms with Crippen LogP contribution in [0.4, 0.5) is 13.6 Å². The van der Waals surface area contributed by atoms with Crippen LogP contribution in [0.5, 0.6) is 0 Å². The lowest BCUT2D eigenvalue weighted by Crippen LogP contribution is -2.54. The van der Waals surface area contributed by atoms with E-state index in [0.29, 0.717) is 50.3 Å². The number of hydrogen-bond donors (Lipinski definition) is 1. The third-order valence-corrected chi connectivity index (χ3v) is 7.14. The first-order valence-electron chi connectivity index (χ1n) is 11.8. The summed E-state index contributed by atoms with van der Waals surface area (Å²) in [6, 6.07) is 8.52. The molecule has 0 aliphatic carbocycles. The molecule has 1 aromatic heterocycles. The molecule has 3 aliphatic heterocycles. The van der Waals surface area contributed by atoms with Gasteiger partial charge in [0.25, 0.3) is 5.91 Å². The molecule has 0 bridgehead atoms. The predicted octanol–water partition coefficient (Wildman–Crippen LogP) is 3.20. The topological polar surface area (TPSA) is 74.8 Å². The van der Waals surface area contributed by atoms with E-state index in [0.717, 1.165) is 18.9 Å². The van der Waals surface area contributed by atoms with Crippen molar-refractivity contribution in [3.05, 3.63) is 65.5 Å². The van der Waals surface area contributed by atoms with E-state index in [2.05, 4.69) is 15.2 Å². The average Bonchev–Trinajstić information content (AvgIpc) is 3.42. The zero-order valence-electron chi connectivity index (χ0n) is 18.9. The third-order valence-electron chi connectivity index (χ3n) is 7.14. The highest BCUT2D eigenvalue weighted by molar-refractivity contribution is 6.07. The van der Waals surface area contributed by atoms with Gasteiger partial charge in [0.05, 0.1) is 18.3 Å². The average molecular weight is 471 g/mol. The molecule has 180 valence electrons. The fourth-order valence-electron chi connectivity index (χ4n) is 5.49. The minimum atomic E-state index is -1.23. The largest absolute Gasteiger partial charge is 0.376 e. The second-order valence-electron chi connectivity index (χ2n) is 9.33. The zero-order valence-corrected chi connectivity index (χ0v) is 18.9. The molecular weight excluding hydrogens is 442 g/mol. The van der Waals surface area contributed by atoms with Crippen molar-refractivity contribution < 1.29 is 23.1 Å². The van der Waals surface area contributed by atoms with Gasteiger partial charge < -0.3 is 10.1 Å². The number of imide groups is 1. The SMILES string of the molecule is O=C1N[C@](c2ccccn2)(C2CCN(Cc3cc(F)cc(F)c3)CC2)C(=O)N1C[C@@H]1CCCO1. The number of nitrogens with one attached hydrogen (secondary N) is 1. The number of nitrogens with zero attached hydrogens (tertiary/aromatic N) is 3. The van der Waals surface area contributed by atoms with E-state index in [9.17, 15) is 18.4 Å². The van der Waals surface area contributed by atoms with E-state index in [1.807, 2.05) is 6.07 Å². The Morgan fingerprint density at radius 3 is 2.50 bits per heavy atom. The number of ether oxygens (including phenoxy) is 1. The van der Waals surface area contributed by atoms with Crippen LogP contribution in [0.15, 0.2) is 42.6 Å². The Hall–Kier alpha value is -2.91. The lowest BCUT2D eigenvalue weighted by atomic mass is 9.75. The van der Waals surface area contributed by atoms with Crippen LogP contribution in [0, 0.1) is 17.6 Å². The van der Waals surface area contributed by atoms with E-state index in [4.69, 9.17) is 4.74 Å². The van der Waals surface area contributed by atoms with Gasteiger partial charge >= 0.3 is 6.03 Å². The highest BCUT2D eigenvalue weighted by Crippen LogP contribution is 2.41. The summed E-state index contributed by atoms with van der Waals surface area (Å²) in [4.78, 5) is 34.7. The minimum absolute atomic E-state index is 0.136. The molecule has 2 atom stereocenters. The molecule has 34 heavy (non-hydrogen) atoms. The first-order chi connectivity index (χ1) is 16.5. The lowest BCUT2D eigenvalue weighted by Gasteiger charge is -2.40. The Morgan fingerprint density at radius 2 is 1.85 bits per heavy atom. The molecule has 4 heterocycles. The Bertz CT molecular complexity index is 1040. The maximum absolute atomic E-state index is 13.8. The van der Waals surface area contributed by atoms with Crippen LogP contribution in [0.3, 0.4) is 0 Å². The Kier molecular flexibility index (Phi) is 6.31. The van der Waals surface area contributed by atoms with Crippen molar-refractivity contribution in [3.63, 3.8) is 0 Å². The van der Waals surface area contributed by atoms with E-state index in [1.54, 1.807) is 18.3 Å². The van der Waals surface area contributed by atoms with Gasteiger partial charge in [0, 0.05) is 25.4 Å². The molecule has 9 heteroatoms. The van der Waals surface area contributed by atoms with Crippen LogP contribution in [0.1, 0.15) is 36.9 Å². The van der Waals surface area contributed by atoms with E-state index >= 15 is 0 Å². The Labute approximate surface area is 197 Å². The van der Waals surface area contributed by atoms with Gasteiger partial charge in [-0.3, -0.25) is 19.6 Å². The maximum Gasteiger partial charge on any atom is 0.325 e. The third kappa shape index (κ3) is 4.30. The predicted molar refractivity (Wildman–Crippen MR) is 119 cm³/mol. The molecule has 7 nitrogen and oxygen atoms in total. The molecule has 0 spiro atoms. The Balaban J connectivity index is 1.35. The molecule has 3 saturated heterocycles. The summed E-state index contributed by atoms with van der Waals surface area (Å²) in [5.74, 6) is -1.62. The van der Waals surface area contributed by atoms with Crippen LogP contribution in [-0.2, 0) is 21.6 Å². The summed E-state index contributed by atoms with van der Waals surface area (Å²) < 4.78 is 32.9. The van der Waals surface area contributed by atoms with E-state index in [1.165, 1.54) is 17.0 Å². The first kappa shape index (κ1) is 22.9. The molecule has 1 aromatic carbocycles. The number of aromatic nitrogens is 1. The number of urea groups is 1. The quantitative estimate of drug-likeness (QED) is 0.657. The number of pyridine rings is 1. The second kappa shape index (κ2) is 9.38. The second-order valence-corrected chi connectivity index (χ2v) is 9.33. The molecule has 1 N–H and O–H groups in total. The van der Waals surface area contributed by atoms with Gasteiger partial charge in [-0.1, -0.05) is 6.07 Å². The number of carbonyl (C=O) groups excluding carboxylic acids is 2. The normalized spacial score (nSPS) is 26.3. The summed E-state index contributed by atoms with van der Waals surface area (Å²) in [7, 11) is 0. The molecule has 5 rings (SSSR count). The van der Waals surface area contributed by atoms with Crippen LogP contribution >= 0.6 is 0 Å². The van der Waals surface area contributed by atoms with E-state index in [-0.39, 0.29) is 24.5 Å². The molecule has 0 saturated carbocycles. The summed E-state index contributed by atoms with van der Waals surface area (Å²) in [6.45, 7) is 2.57. The fourth-order valence-corrected chi connectivity index (χ4v) is 5.49. The van der Waals surface area contributed by atoms with Crippen LogP contribution in [-0.4, -0.2) is 59.1 Å². The monoisotopic (exact) mass is 470 g/mol. The maximum atomic E-state index is 13.8. The summed E-state index contributed by atoms with van der Waals surface area (Å²) in [6.07, 6.45) is 4.51. The van der Waals surface area contributed by atoms with Gasteiger partial charge in [0.2, 0.25) is 0 Å². The summed E-state index contributed by atoms with van der Waals surface area (Å²) in [5.41, 5.74) is -0.120. The van der Waals surface area contributed by atoms with Crippen LogP contribution in [0.25, 0.3) is 0 Å². The van der Waals surface area contributed by atoms with Crippen molar-refractivity contribution in [2.75, 3.05) is 26.2 Å². The lowest BCUT2D eigenvalue weighted by molar-refractivity contribution is -0.135. The van der Waals surface area contributed by atoms with Crippen LogP contribution < -0.4 is 5.32 Å². The number of rotatable bonds is 6. The fraction of sp³-hybridized carbons (Fsp3) is 0.480. The summed E-state index contributed by atoms with van der Waals surface area (Å²) >= 11 is 0. The van der Waals surface area contributed by atoms with Gasteiger partial charge in [0.1, 0.15) is 11.6 Å². The first-order valence-corrected chi connectivity index (χ1v) is 11.8. The highest BCUT2D eigenvalue weighted by Gasteiger charge is 2.58. The molecule has 2 aromatic rings. The van der Waals surface area contributed by atoms with Crippen molar-refractivity contribution in [3.8, 4) is 0 Å². The summed E-state index contributed by atoms with van der Waals surface area (Å²) in [5, 5.41) is 3.01. The number of benzene rings is 1. The van der Waals surface area contributed by atoms with E-state index < -0.39 is 23.2 Å². The van der Waals surface area contributed by atoms with Crippen molar-refractivity contribution in [2.45, 2.75) is 43.9 Å². The zero-order chi connectivity index (χ0) is 23.7. The van der Waals surface area contributed by atoms with Gasteiger partial charge in [0.15, 0.2) is 5.54 Å². The van der Waals surface area contributed by atoms with Gasteiger partial charge in [-0.2, -0.15) is 0 Å². The van der Waals surface area contributed by atoms with Gasteiger partial charge in [-0.05, 0) is 74.5 Å². The van der Waals surface area contributed by atoms with Crippen molar-refractivity contribution in [1.29, 1.82) is 0 Å². The van der Waals surface area contributed by atoms with Gasteiger partial charge in [-0.25, -0.2) is 13.6 Å². The number of likely N-dealkylation sites (tertiary alicyclic amines) is 1. The Morgan fingerprint density at radius 1 is 1.09 bits per heavy atom. The number of halogens is 2. The van der Waals surface area contributed by atoms with Crippen LogP contribution in [0.2, 0.25) is 0 Å². The molecule has 3 amide bonds. The number of piperidine rings is 1. The smallest absolute Gasteiger partial charge is 0.325 e. The number of carbonyl (C=O) groups is 2. The number of amides is 3. The highest BCUT2D eigenvalue weighted by atomic mass is 19.1. The molecule has 0 radical (unpaired) electrons. The molecular formula is C25H28F2N4O3. The van der Waals surface area contributed by atoms with Crippen molar-refractivity contribution in [1.82, 2.24) is 20.1 Å². The molecule has 0 unspecified atom stereocenters. The minimum Gasteiger partial charge on any atom is -0.376 e. The standard InChI is InChI=1S/C25H28F2N4O3/c26-19-12-17(13-20(27)14-19)15-30-9-6-18(7-10-30)25(22-5-1-2-8-28-22)23(32)31(24(33)29-25)16-21-4-3-11-34-21/h1-2,5,8,12-14,18,21H,3-4,6-7,9-11,15-16H2,(H,29,33)/t21-,25-/m0/s1. The molecule has 3 aliphatic rings. The number of hydrogen-bond acceptors (Lipinski definition) is 5. The van der Waals surface area contributed by atoms with Crippen molar-refractivity contribution in [2.24, 2.45) is 5.92 Å². The molecule has 3 fully saturated rings. The van der Waals surface area contributed by atoms with Crippen molar-refractivity contribution >= 4 is 11.9 Å².